The minimum Gasteiger partial charge on any atom is -0.449 e. The monoisotopic (exact) mass is 292 g/mol. The first-order chi connectivity index (χ1) is 9.99. The van der Waals surface area contributed by atoms with Crippen LogP contribution in [0.1, 0.15) is 26.3 Å². The van der Waals surface area contributed by atoms with Crippen molar-refractivity contribution in [3.63, 3.8) is 0 Å². The van der Waals surface area contributed by atoms with Gasteiger partial charge in [-0.1, -0.05) is 44.2 Å². The molecular weight excluding hydrogens is 268 g/mol. The van der Waals surface area contributed by atoms with E-state index in [0.717, 1.165) is 12.0 Å². The van der Waals surface area contributed by atoms with Crippen molar-refractivity contribution in [2.75, 3.05) is 13.2 Å². The van der Waals surface area contributed by atoms with E-state index in [1.807, 2.05) is 44.2 Å². The number of benzene rings is 1. The van der Waals surface area contributed by atoms with Gasteiger partial charge in [0.25, 0.3) is 0 Å². The van der Waals surface area contributed by atoms with Crippen molar-refractivity contribution < 1.29 is 14.3 Å². The van der Waals surface area contributed by atoms with Crippen molar-refractivity contribution in [3.05, 3.63) is 35.9 Å². The minimum absolute atomic E-state index is 0.215. The second-order valence-electron chi connectivity index (χ2n) is 5.38. The van der Waals surface area contributed by atoms with E-state index in [-0.39, 0.29) is 11.8 Å². The van der Waals surface area contributed by atoms with Crippen molar-refractivity contribution >= 4 is 12.0 Å². The summed E-state index contributed by atoms with van der Waals surface area (Å²) in [6, 6.07) is 9.30. The summed E-state index contributed by atoms with van der Waals surface area (Å²) >= 11 is 0. The molecule has 5 heteroatoms. The molecule has 2 amide bonds. The molecule has 0 saturated carbocycles. The average molecular weight is 292 g/mol. The van der Waals surface area contributed by atoms with Gasteiger partial charge in [-0.25, -0.2) is 4.79 Å². The summed E-state index contributed by atoms with van der Waals surface area (Å²) in [5.74, 6) is 0.0539. The van der Waals surface area contributed by atoms with Crippen LogP contribution >= 0.6 is 0 Å². The first-order valence-electron chi connectivity index (χ1n) is 7.24. The van der Waals surface area contributed by atoms with Crippen molar-refractivity contribution in [1.29, 1.82) is 0 Å². The second-order valence-corrected chi connectivity index (χ2v) is 5.38. The zero-order valence-electron chi connectivity index (χ0n) is 12.9. The van der Waals surface area contributed by atoms with Gasteiger partial charge in [0.2, 0.25) is 5.91 Å². The maximum absolute atomic E-state index is 11.8. The number of carbonyl (C=O) groups excluding carboxylic acids is 2. The van der Waals surface area contributed by atoms with E-state index in [4.69, 9.17) is 4.74 Å². The third-order valence-electron chi connectivity index (χ3n) is 2.83. The molecular formula is C16H24N2O3. The van der Waals surface area contributed by atoms with E-state index in [9.17, 15) is 9.59 Å². The normalized spacial score (nSPS) is 11.8. The Labute approximate surface area is 126 Å². The molecule has 2 N–H and O–H groups in total. The van der Waals surface area contributed by atoms with Crippen molar-refractivity contribution in [2.24, 2.45) is 5.92 Å². The molecule has 0 radical (unpaired) electrons. The Morgan fingerprint density at radius 3 is 2.43 bits per heavy atom. The van der Waals surface area contributed by atoms with Crippen LogP contribution in [-0.4, -0.2) is 31.2 Å². The fourth-order valence-electron chi connectivity index (χ4n) is 1.65. The van der Waals surface area contributed by atoms with Gasteiger partial charge in [0.15, 0.2) is 0 Å². The van der Waals surface area contributed by atoms with Gasteiger partial charge < -0.3 is 15.4 Å². The van der Waals surface area contributed by atoms with Gasteiger partial charge in [0.1, 0.15) is 6.04 Å². The maximum atomic E-state index is 11.8. The molecule has 0 heterocycles. The minimum atomic E-state index is -0.611. The van der Waals surface area contributed by atoms with Crippen molar-refractivity contribution in [1.82, 2.24) is 10.6 Å². The van der Waals surface area contributed by atoms with E-state index < -0.39 is 12.1 Å². The third kappa shape index (κ3) is 7.34. The Morgan fingerprint density at radius 2 is 1.81 bits per heavy atom. The summed E-state index contributed by atoms with van der Waals surface area (Å²) in [4.78, 5) is 23.3. The van der Waals surface area contributed by atoms with Gasteiger partial charge >= 0.3 is 6.09 Å². The molecule has 1 aromatic carbocycles. The molecule has 21 heavy (non-hydrogen) atoms. The molecule has 1 aromatic rings. The van der Waals surface area contributed by atoms with Crippen LogP contribution in [0.5, 0.6) is 0 Å². The Bertz CT molecular complexity index is 446. The summed E-state index contributed by atoms with van der Waals surface area (Å²) in [6.07, 6.45) is 0.200. The Morgan fingerprint density at radius 1 is 1.14 bits per heavy atom. The first kappa shape index (κ1) is 17.0. The highest BCUT2D eigenvalue weighted by atomic mass is 16.5. The Kier molecular flexibility index (Phi) is 7.29. The van der Waals surface area contributed by atoms with Crippen molar-refractivity contribution in [2.45, 2.75) is 33.2 Å². The number of hydrogen-bond donors (Lipinski definition) is 2. The van der Waals surface area contributed by atoms with E-state index in [1.54, 1.807) is 6.92 Å². The highest BCUT2D eigenvalue weighted by Crippen LogP contribution is 1.98. The first-order valence-corrected chi connectivity index (χ1v) is 7.24. The molecule has 0 fully saturated rings. The molecule has 0 spiro atoms. The lowest BCUT2D eigenvalue weighted by Crippen LogP contribution is -2.45. The number of rotatable bonds is 7. The zero-order valence-corrected chi connectivity index (χ0v) is 12.9. The molecule has 5 nitrogen and oxygen atoms in total. The van der Waals surface area contributed by atoms with Crippen LogP contribution in [-0.2, 0) is 16.0 Å². The Hall–Kier alpha value is -2.04. The van der Waals surface area contributed by atoms with E-state index in [1.165, 1.54) is 0 Å². The molecule has 116 valence electrons. The van der Waals surface area contributed by atoms with Gasteiger partial charge in [0.05, 0.1) is 6.61 Å². The lowest BCUT2D eigenvalue weighted by molar-refractivity contribution is -0.122. The van der Waals surface area contributed by atoms with Gasteiger partial charge in [-0.15, -0.1) is 0 Å². The highest BCUT2D eigenvalue weighted by molar-refractivity contribution is 5.85. The van der Waals surface area contributed by atoms with Gasteiger partial charge in [-0.3, -0.25) is 4.79 Å². The predicted octanol–water partition coefficient (Wildman–Crippen LogP) is 2.12. The summed E-state index contributed by atoms with van der Waals surface area (Å²) in [6.45, 7) is 6.42. The fourth-order valence-corrected chi connectivity index (χ4v) is 1.65. The average Bonchev–Trinajstić information content (AvgIpc) is 2.46. The van der Waals surface area contributed by atoms with Crippen LogP contribution in [0.25, 0.3) is 0 Å². The van der Waals surface area contributed by atoms with Gasteiger partial charge in [-0.2, -0.15) is 0 Å². The van der Waals surface area contributed by atoms with Gasteiger partial charge in [0, 0.05) is 6.54 Å². The third-order valence-corrected chi connectivity index (χ3v) is 2.83. The van der Waals surface area contributed by atoms with E-state index in [2.05, 4.69) is 10.6 Å². The lowest BCUT2D eigenvalue weighted by Gasteiger charge is -2.15. The standard InChI is InChI=1S/C16H24N2O3/c1-12(2)11-21-16(20)18-13(3)15(19)17-10-9-14-7-5-4-6-8-14/h4-8,12-13H,9-11H2,1-3H3,(H,17,19)(H,18,20)/t13-/m0/s1. The van der Waals surface area contributed by atoms with Crippen molar-refractivity contribution in [3.8, 4) is 0 Å². The number of ether oxygens (including phenoxy) is 1. The summed E-state index contributed by atoms with van der Waals surface area (Å²) in [5, 5.41) is 5.30. The molecule has 0 unspecified atom stereocenters. The predicted molar refractivity (Wildman–Crippen MR) is 81.9 cm³/mol. The highest BCUT2D eigenvalue weighted by Gasteiger charge is 2.15. The molecule has 0 aliphatic heterocycles. The second kappa shape index (κ2) is 9.00. The number of nitrogens with one attached hydrogen (secondary N) is 2. The maximum Gasteiger partial charge on any atom is 0.407 e. The molecule has 0 saturated heterocycles. The molecule has 1 atom stereocenters. The number of amides is 2. The molecule has 0 aromatic heterocycles. The quantitative estimate of drug-likeness (QED) is 0.809. The zero-order chi connectivity index (χ0) is 15.7. The largest absolute Gasteiger partial charge is 0.449 e. The Balaban J connectivity index is 2.23. The van der Waals surface area contributed by atoms with Crippen LogP contribution in [0.15, 0.2) is 30.3 Å². The number of carbonyl (C=O) groups is 2. The van der Waals surface area contributed by atoms with Gasteiger partial charge in [-0.05, 0) is 24.8 Å². The fraction of sp³-hybridized carbons (Fsp3) is 0.500. The molecule has 0 aliphatic carbocycles. The van der Waals surface area contributed by atoms with E-state index in [0.29, 0.717) is 13.2 Å². The molecule has 0 bridgehead atoms. The van der Waals surface area contributed by atoms with E-state index >= 15 is 0 Å². The van der Waals surface area contributed by atoms with Crippen LogP contribution in [0, 0.1) is 5.92 Å². The SMILES string of the molecule is CC(C)COC(=O)N[C@@H](C)C(=O)NCCc1ccccc1. The molecule has 1 rings (SSSR count). The number of hydrogen-bond acceptors (Lipinski definition) is 3. The smallest absolute Gasteiger partial charge is 0.407 e. The van der Waals surface area contributed by atoms with Crippen LogP contribution in [0.3, 0.4) is 0 Å². The molecule has 0 aliphatic rings. The number of alkyl carbamates (subject to hydrolysis) is 1. The summed E-state index contributed by atoms with van der Waals surface area (Å²) in [5.41, 5.74) is 1.16. The van der Waals surface area contributed by atoms with Crippen LogP contribution in [0.4, 0.5) is 4.79 Å². The van der Waals surface area contributed by atoms with Crippen LogP contribution in [0.2, 0.25) is 0 Å². The summed E-state index contributed by atoms with van der Waals surface area (Å²) in [7, 11) is 0. The topological polar surface area (TPSA) is 67.4 Å². The summed E-state index contributed by atoms with van der Waals surface area (Å²) < 4.78 is 4.97. The van der Waals surface area contributed by atoms with Crippen LogP contribution < -0.4 is 10.6 Å². The lowest BCUT2D eigenvalue weighted by atomic mass is 10.1.